The van der Waals surface area contributed by atoms with Crippen LogP contribution in [0.2, 0.25) is 0 Å². The van der Waals surface area contributed by atoms with Gasteiger partial charge in [-0.1, -0.05) is 12.8 Å². The maximum atomic E-state index is 12.3. The van der Waals surface area contributed by atoms with Gasteiger partial charge in [-0.3, -0.25) is 9.78 Å². The van der Waals surface area contributed by atoms with Crippen LogP contribution in [-0.4, -0.2) is 10.9 Å². The van der Waals surface area contributed by atoms with Gasteiger partial charge in [0.25, 0.3) is 0 Å². The van der Waals surface area contributed by atoms with Crippen LogP contribution in [0.1, 0.15) is 37.7 Å². The Labute approximate surface area is 102 Å². The van der Waals surface area contributed by atoms with Gasteiger partial charge < -0.3 is 5.32 Å². The van der Waals surface area contributed by atoms with Crippen molar-refractivity contribution < 1.29 is 4.79 Å². The van der Waals surface area contributed by atoms with Crippen LogP contribution in [-0.2, 0) is 4.79 Å². The number of nitrogens with zero attached hydrogens (tertiary/aromatic N) is 1. The first kappa shape index (κ1) is 10.8. The van der Waals surface area contributed by atoms with Crippen LogP contribution < -0.4 is 5.32 Å². The first-order valence-corrected chi connectivity index (χ1v) is 6.44. The minimum Gasteiger partial charge on any atom is -0.324 e. The number of hydrogen-bond acceptors (Lipinski definition) is 2. The highest BCUT2D eigenvalue weighted by molar-refractivity contribution is 5.97. The Bertz CT molecular complexity index is 457. The van der Waals surface area contributed by atoms with E-state index in [1.54, 1.807) is 12.4 Å². The molecule has 90 valence electrons. The highest BCUT2D eigenvalue weighted by Gasteiger charge is 2.59. The zero-order valence-electron chi connectivity index (χ0n) is 10.2. The first-order chi connectivity index (χ1) is 8.21. The molecule has 2 saturated carbocycles. The third-order valence-corrected chi connectivity index (χ3v) is 4.24. The average Bonchev–Trinajstić information content (AvgIpc) is 3.04. The number of carbonyl (C=O) groups is 1. The quantitative estimate of drug-likeness (QED) is 0.848. The molecule has 0 bridgehead atoms. The third kappa shape index (κ3) is 1.84. The van der Waals surface area contributed by atoms with Crippen LogP contribution in [0.25, 0.3) is 0 Å². The summed E-state index contributed by atoms with van der Waals surface area (Å²) in [6.07, 6.45) is 9.43. The molecule has 0 aliphatic heterocycles. The summed E-state index contributed by atoms with van der Waals surface area (Å²) < 4.78 is 0. The molecule has 2 fully saturated rings. The normalized spacial score (nSPS) is 30.5. The van der Waals surface area contributed by atoms with Gasteiger partial charge in [0.05, 0.1) is 17.3 Å². The lowest BCUT2D eigenvalue weighted by Crippen LogP contribution is -2.27. The third-order valence-electron chi connectivity index (χ3n) is 4.24. The van der Waals surface area contributed by atoms with E-state index in [1.807, 2.05) is 13.0 Å². The van der Waals surface area contributed by atoms with E-state index in [0.29, 0.717) is 5.92 Å². The fourth-order valence-electron chi connectivity index (χ4n) is 3.17. The minimum absolute atomic E-state index is 0.0258. The highest BCUT2D eigenvalue weighted by Crippen LogP contribution is 2.61. The van der Waals surface area contributed by atoms with Gasteiger partial charge in [-0.2, -0.15) is 0 Å². The first-order valence-electron chi connectivity index (χ1n) is 6.44. The van der Waals surface area contributed by atoms with Gasteiger partial charge in [0.2, 0.25) is 5.91 Å². The predicted molar refractivity (Wildman–Crippen MR) is 66.6 cm³/mol. The molecule has 17 heavy (non-hydrogen) atoms. The summed E-state index contributed by atoms with van der Waals surface area (Å²) >= 11 is 0. The van der Waals surface area contributed by atoms with Crippen LogP contribution in [0.4, 0.5) is 5.69 Å². The van der Waals surface area contributed by atoms with Crippen molar-refractivity contribution in [1.29, 1.82) is 0 Å². The van der Waals surface area contributed by atoms with Crippen LogP contribution >= 0.6 is 0 Å². The molecule has 3 nitrogen and oxygen atoms in total. The van der Waals surface area contributed by atoms with E-state index in [0.717, 1.165) is 24.1 Å². The summed E-state index contributed by atoms with van der Waals surface area (Å²) in [4.78, 5) is 16.4. The molecular formula is C14H18N2O. The zero-order chi connectivity index (χ0) is 11.9. The molecule has 3 heteroatoms. The largest absolute Gasteiger partial charge is 0.324 e. The van der Waals surface area contributed by atoms with Gasteiger partial charge in [-0.15, -0.1) is 0 Å². The molecule has 0 spiro atoms. The van der Waals surface area contributed by atoms with Crippen molar-refractivity contribution >= 4 is 11.6 Å². The van der Waals surface area contributed by atoms with Crippen LogP contribution in [0.3, 0.4) is 0 Å². The lowest BCUT2D eigenvalue weighted by Gasteiger charge is -2.21. The van der Waals surface area contributed by atoms with Crippen molar-refractivity contribution in [2.24, 2.45) is 11.3 Å². The van der Waals surface area contributed by atoms with Gasteiger partial charge in [0.1, 0.15) is 0 Å². The van der Waals surface area contributed by atoms with E-state index >= 15 is 0 Å². The average molecular weight is 230 g/mol. The smallest absolute Gasteiger partial charge is 0.230 e. The molecule has 2 atom stereocenters. The molecule has 0 aromatic carbocycles. The summed E-state index contributed by atoms with van der Waals surface area (Å²) in [7, 11) is 0. The van der Waals surface area contributed by atoms with Crippen molar-refractivity contribution in [3.8, 4) is 0 Å². The molecular weight excluding hydrogens is 212 g/mol. The fourth-order valence-corrected chi connectivity index (χ4v) is 3.17. The second-order valence-electron chi connectivity index (χ2n) is 5.51. The Hall–Kier alpha value is -1.38. The van der Waals surface area contributed by atoms with E-state index < -0.39 is 0 Å². The van der Waals surface area contributed by atoms with Gasteiger partial charge in [-0.25, -0.2) is 0 Å². The predicted octanol–water partition coefficient (Wildman–Crippen LogP) is 2.91. The Balaban J connectivity index is 1.72. The second kappa shape index (κ2) is 3.83. The number of aryl methyl sites for hydroxylation is 1. The van der Waals surface area contributed by atoms with E-state index in [4.69, 9.17) is 0 Å². The summed E-state index contributed by atoms with van der Waals surface area (Å²) in [5.74, 6) is 0.864. The number of aromatic nitrogens is 1. The highest BCUT2D eigenvalue weighted by atomic mass is 16.2. The topological polar surface area (TPSA) is 42.0 Å². The van der Waals surface area contributed by atoms with Crippen molar-refractivity contribution in [1.82, 2.24) is 4.98 Å². The SMILES string of the molecule is Cc1cncc(NC(=O)C23CCCCC2C3)c1. The summed E-state index contributed by atoms with van der Waals surface area (Å²) in [5, 5.41) is 3.03. The standard InChI is InChI=1S/C14H18N2O/c1-10-6-12(9-15-8-10)16-13(17)14-5-3-2-4-11(14)7-14/h6,8-9,11H,2-5,7H2,1H3,(H,16,17). The molecule has 0 saturated heterocycles. The molecule has 2 aliphatic carbocycles. The summed E-state index contributed by atoms with van der Waals surface area (Å²) in [6.45, 7) is 1.99. The molecule has 1 aromatic rings. The maximum absolute atomic E-state index is 12.3. The van der Waals surface area contributed by atoms with Gasteiger partial charge in [-0.05, 0) is 43.7 Å². The number of carbonyl (C=O) groups excluding carboxylic acids is 1. The Morgan fingerprint density at radius 2 is 2.35 bits per heavy atom. The number of rotatable bonds is 2. The lowest BCUT2D eigenvalue weighted by molar-refractivity contribution is -0.122. The molecule has 0 radical (unpaired) electrons. The van der Waals surface area contributed by atoms with E-state index in [1.165, 1.54) is 19.3 Å². The van der Waals surface area contributed by atoms with Crippen LogP contribution in [0.5, 0.6) is 0 Å². The van der Waals surface area contributed by atoms with Crippen molar-refractivity contribution in [3.05, 3.63) is 24.0 Å². The number of hydrogen-bond donors (Lipinski definition) is 1. The van der Waals surface area contributed by atoms with E-state index in [2.05, 4.69) is 10.3 Å². The number of amides is 1. The summed E-state index contributed by atoms with van der Waals surface area (Å²) in [5.41, 5.74) is 1.89. The lowest BCUT2D eigenvalue weighted by atomic mass is 9.87. The number of anilines is 1. The van der Waals surface area contributed by atoms with Crippen molar-refractivity contribution in [3.63, 3.8) is 0 Å². The van der Waals surface area contributed by atoms with E-state index in [9.17, 15) is 4.79 Å². The van der Waals surface area contributed by atoms with Crippen molar-refractivity contribution in [2.75, 3.05) is 5.32 Å². The molecule has 1 heterocycles. The summed E-state index contributed by atoms with van der Waals surface area (Å²) in [6, 6.07) is 1.97. The van der Waals surface area contributed by atoms with Crippen LogP contribution in [0.15, 0.2) is 18.5 Å². The maximum Gasteiger partial charge on any atom is 0.230 e. The van der Waals surface area contributed by atoms with Gasteiger partial charge in [0, 0.05) is 6.20 Å². The van der Waals surface area contributed by atoms with Crippen molar-refractivity contribution in [2.45, 2.75) is 39.0 Å². The number of pyridine rings is 1. The fraction of sp³-hybridized carbons (Fsp3) is 0.571. The number of fused-ring (bicyclic) bond motifs is 1. The van der Waals surface area contributed by atoms with Crippen LogP contribution in [0, 0.1) is 18.3 Å². The van der Waals surface area contributed by atoms with E-state index in [-0.39, 0.29) is 11.3 Å². The second-order valence-corrected chi connectivity index (χ2v) is 5.51. The van der Waals surface area contributed by atoms with Gasteiger partial charge >= 0.3 is 0 Å². The zero-order valence-corrected chi connectivity index (χ0v) is 10.2. The van der Waals surface area contributed by atoms with Gasteiger partial charge in [0.15, 0.2) is 0 Å². The molecule has 1 amide bonds. The number of nitrogens with one attached hydrogen (secondary N) is 1. The molecule has 1 N–H and O–H groups in total. The molecule has 2 aliphatic rings. The minimum atomic E-state index is -0.0258. The monoisotopic (exact) mass is 230 g/mol. The Morgan fingerprint density at radius 3 is 3.12 bits per heavy atom. The molecule has 3 rings (SSSR count). The molecule has 2 unspecified atom stereocenters. The Morgan fingerprint density at radius 1 is 1.47 bits per heavy atom. The Kier molecular flexibility index (Phi) is 2.42. The molecule has 1 aromatic heterocycles.